The lowest BCUT2D eigenvalue weighted by Gasteiger charge is -2.28. The Morgan fingerprint density at radius 2 is 2.08 bits per heavy atom. The van der Waals surface area contributed by atoms with Crippen LogP contribution in [0.3, 0.4) is 0 Å². The molecule has 0 aliphatic carbocycles. The standard InChI is InChI=1S/C10H20N2O/c1-2-4-11-10(3-1)9-12-5-7-13-8-6-12/h10-11H,1-9H2/p+2/t10-/m0/s1. The minimum absolute atomic E-state index is 0.904. The van der Waals surface area contributed by atoms with E-state index < -0.39 is 0 Å². The lowest BCUT2D eigenvalue weighted by Crippen LogP contribution is -3.18. The molecule has 0 aromatic heterocycles. The number of quaternary nitrogens is 2. The van der Waals surface area contributed by atoms with Crippen molar-refractivity contribution >= 4 is 0 Å². The van der Waals surface area contributed by atoms with Gasteiger partial charge in [-0.05, 0) is 12.8 Å². The van der Waals surface area contributed by atoms with E-state index in [1.54, 1.807) is 4.90 Å². The zero-order chi connectivity index (χ0) is 8.93. The molecule has 0 amide bonds. The first kappa shape index (κ1) is 9.44. The van der Waals surface area contributed by atoms with Crippen LogP contribution in [0.1, 0.15) is 19.3 Å². The highest BCUT2D eigenvalue weighted by Crippen LogP contribution is 1.99. The largest absolute Gasteiger partial charge is 0.370 e. The van der Waals surface area contributed by atoms with Gasteiger partial charge in [-0.15, -0.1) is 0 Å². The van der Waals surface area contributed by atoms with Crippen molar-refractivity contribution in [1.82, 2.24) is 0 Å². The lowest BCUT2D eigenvalue weighted by atomic mass is 10.0. The van der Waals surface area contributed by atoms with E-state index in [9.17, 15) is 0 Å². The van der Waals surface area contributed by atoms with Gasteiger partial charge in [0.05, 0.1) is 19.8 Å². The van der Waals surface area contributed by atoms with Crippen LogP contribution in [0.2, 0.25) is 0 Å². The summed E-state index contributed by atoms with van der Waals surface area (Å²) in [7, 11) is 0. The first-order valence-electron chi connectivity index (χ1n) is 5.70. The summed E-state index contributed by atoms with van der Waals surface area (Å²) >= 11 is 0. The van der Waals surface area contributed by atoms with E-state index in [1.807, 2.05) is 0 Å². The average molecular weight is 186 g/mol. The molecular formula is C10H22N2O+2. The molecule has 0 bridgehead atoms. The van der Waals surface area contributed by atoms with Crippen LogP contribution in [0.4, 0.5) is 0 Å². The minimum Gasteiger partial charge on any atom is -0.370 e. The average Bonchev–Trinajstić information content (AvgIpc) is 2.21. The van der Waals surface area contributed by atoms with Crippen LogP contribution in [0.15, 0.2) is 0 Å². The van der Waals surface area contributed by atoms with Crippen molar-refractivity contribution in [3.63, 3.8) is 0 Å². The zero-order valence-electron chi connectivity index (χ0n) is 8.43. The minimum atomic E-state index is 0.904. The Hall–Kier alpha value is -0.120. The first-order chi connectivity index (χ1) is 6.45. The van der Waals surface area contributed by atoms with Gasteiger partial charge in [-0.1, -0.05) is 0 Å². The molecule has 0 radical (unpaired) electrons. The van der Waals surface area contributed by atoms with Crippen molar-refractivity contribution < 1.29 is 15.0 Å². The highest BCUT2D eigenvalue weighted by molar-refractivity contribution is 4.57. The number of hydrogen-bond donors (Lipinski definition) is 2. The van der Waals surface area contributed by atoms with Gasteiger partial charge in [0.25, 0.3) is 0 Å². The number of ether oxygens (including phenoxy) is 1. The van der Waals surface area contributed by atoms with Crippen LogP contribution in [-0.2, 0) is 4.74 Å². The molecule has 3 N–H and O–H groups in total. The van der Waals surface area contributed by atoms with Crippen molar-refractivity contribution in [3.8, 4) is 0 Å². The second kappa shape index (κ2) is 4.94. The highest BCUT2D eigenvalue weighted by atomic mass is 16.5. The van der Waals surface area contributed by atoms with E-state index in [0.717, 1.165) is 19.3 Å². The summed E-state index contributed by atoms with van der Waals surface area (Å²) in [5, 5.41) is 2.55. The van der Waals surface area contributed by atoms with Gasteiger partial charge in [0.1, 0.15) is 25.7 Å². The Labute approximate surface area is 80.4 Å². The molecule has 13 heavy (non-hydrogen) atoms. The van der Waals surface area contributed by atoms with E-state index in [4.69, 9.17) is 4.74 Å². The Bertz CT molecular complexity index is 124. The van der Waals surface area contributed by atoms with Crippen LogP contribution < -0.4 is 10.2 Å². The van der Waals surface area contributed by atoms with Crippen molar-refractivity contribution in [2.45, 2.75) is 25.3 Å². The maximum atomic E-state index is 5.36. The predicted octanol–water partition coefficient (Wildman–Crippen LogP) is -1.98. The van der Waals surface area contributed by atoms with Gasteiger partial charge in [0.2, 0.25) is 0 Å². The Morgan fingerprint density at radius 1 is 1.23 bits per heavy atom. The van der Waals surface area contributed by atoms with Gasteiger partial charge in [-0.2, -0.15) is 0 Å². The van der Waals surface area contributed by atoms with E-state index in [0.29, 0.717) is 0 Å². The molecule has 0 unspecified atom stereocenters. The van der Waals surface area contributed by atoms with Gasteiger partial charge in [0, 0.05) is 6.42 Å². The topological polar surface area (TPSA) is 30.3 Å². The fourth-order valence-electron chi connectivity index (χ4n) is 2.44. The number of morpholine rings is 1. The van der Waals surface area contributed by atoms with Crippen LogP contribution in [-0.4, -0.2) is 45.4 Å². The van der Waals surface area contributed by atoms with Crippen molar-refractivity contribution in [3.05, 3.63) is 0 Å². The molecule has 0 saturated carbocycles. The van der Waals surface area contributed by atoms with Gasteiger partial charge in [-0.25, -0.2) is 0 Å². The van der Waals surface area contributed by atoms with E-state index in [1.165, 1.54) is 45.4 Å². The molecule has 2 saturated heterocycles. The number of nitrogens with one attached hydrogen (secondary N) is 1. The summed E-state index contributed by atoms with van der Waals surface area (Å²) in [5.74, 6) is 0. The summed E-state index contributed by atoms with van der Waals surface area (Å²) in [4.78, 5) is 1.76. The molecule has 2 aliphatic heterocycles. The Kier molecular flexibility index (Phi) is 3.58. The summed E-state index contributed by atoms with van der Waals surface area (Å²) in [6.07, 6.45) is 4.31. The van der Waals surface area contributed by atoms with Gasteiger partial charge < -0.3 is 15.0 Å². The fourth-order valence-corrected chi connectivity index (χ4v) is 2.44. The summed E-state index contributed by atoms with van der Waals surface area (Å²) in [5.41, 5.74) is 0. The molecule has 76 valence electrons. The quantitative estimate of drug-likeness (QED) is 0.514. The molecule has 2 heterocycles. The molecular weight excluding hydrogens is 164 g/mol. The third-order valence-electron chi connectivity index (χ3n) is 3.28. The van der Waals surface area contributed by atoms with Gasteiger partial charge in [-0.3, -0.25) is 0 Å². The summed E-state index contributed by atoms with van der Waals surface area (Å²) < 4.78 is 5.36. The first-order valence-corrected chi connectivity index (χ1v) is 5.70. The molecule has 2 rings (SSSR count). The van der Waals surface area contributed by atoms with E-state index in [-0.39, 0.29) is 0 Å². The van der Waals surface area contributed by atoms with Crippen molar-refractivity contribution in [2.75, 3.05) is 39.4 Å². The van der Waals surface area contributed by atoms with E-state index in [2.05, 4.69) is 5.32 Å². The maximum Gasteiger partial charge on any atom is 0.135 e. The Balaban J connectivity index is 1.69. The SMILES string of the molecule is C1CC[C@@H](C[NH+]2CCOCC2)[NH2+]C1. The third-order valence-corrected chi connectivity index (χ3v) is 3.28. The smallest absolute Gasteiger partial charge is 0.135 e. The second-order valence-electron chi connectivity index (χ2n) is 4.35. The zero-order valence-corrected chi connectivity index (χ0v) is 8.43. The number of rotatable bonds is 2. The molecule has 0 spiro atoms. The molecule has 2 aliphatic rings. The van der Waals surface area contributed by atoms with Gasteiger partial charge in [0.15, 0.2) is 0 Å². The molecule has 0 aromatic rings. The lowest BCUT2D eigenvalue weighted by molar-refractivity contribution is -0.927. The van der Waals surface area contributed by atoms with Crippen molar-refractivity contribution in [1.29, 1.82) is 0 Å². The maximum absolute atomic E-state index is 5.36. The van der Waals surface area contributed by atoms with Crippen molar-refractivity contribution in [2.24, 2.45) is 0 Å². The molecule has 3 nitrogen and oxygen atoms in total. The van der Waals surface area contributed by atoms with Crippen LogP contribution >= 0.6 is 0 Å². The molecule has 1 atom stereocenters. The van der Waals surface area contributed by atoms with Crippen LogP contribution in [0.25, 0.3) is 0 Å². The monoisotopic (exact) mass is 186 g/mol. The molecule has 0 aromatic carbocycles. The summed E-state index contributed by atoms with van der Waals surface area (Å²) in [6.45, 7) is 7.12. The highest BCUT2D eigenvalue weighted by Gasteiger charge is 2.23. The fraction of sp³-hybridized carbons (Fsp3) is 1.00. The number of hydrogen-bond acceptors (Lipinski definition) is 1. The van der Waals surface area contributed by atoms with Gasteiger partial charge >= 0.3 is 0 Å². The predicted molar refractivity (Wildman–Crippen MR) is 50.8 cm³/mol. The third kappa shape index (κ3) is 2.93. The number of piperidine rings is 1. The molecule has 2 fully saturated rings. The summed E-state index contributed by atoms with van der Waals surface area (Å²) in [6, 6.07) is 0.904. The normalized spacial score (nSPS) is 31.8. The second-order valence-corrected chi connectivity index (χ2v) is 4.35. The van der Waals surface area contributed by atoms with E-state index >= 15 is 0 Å². The van der Waals surface area contributed by atoms with Crippen LogP contribution in [0, 0.1) is 0 Å². The number of nitrogens with two attached hydrogens (primary N) is 1. The molecule has 3 heteroatoms. The Morgan fingerprint density at radius 3 is 2.77 bits per heavy atom. The van der Waals surface area contributed by atoms with Crippen LogP contribution in [0.5, 0.6) is 0 Å².